The second-order valence-corrected chi connectivity index (χ2v) is 9.53. The minimum Gasteiger partial charge on any atom is -0.462 e. The van der Waals surface area contributed by atoms with Crippen molar-refractivity contribution in [3.05, 3.63) is 56.4 Å². The van der Waals surface area contributed by atoms with E-state index in [4.69, 9.17) is 17.0 Å². The molecule has 1 amide bonds. The zero-order chi connectivity index (χ0) is 21.7. The maximum atomic E-state index is 12.6. The van der Waals surface area contributed by atoms with Gasteiger partial charge in [-0.1, -0.05) is 35.0 Å². The number of anilines is 1. The monoisotopic (exact) mass is 506 g/mol. The summed E-state index contributed by atoms with van der Waals surface area (Å²) in [5, 5.41) is 6.46. The van der Waals surface area contributed by atoms with Crippen LogP contribution in [-0.2, 0) is 22.4 Å². The molecule has 3 rings (SSSR count). The van der Waals surface area contributed by atoms with Crippen LogP contribution in [0.3, 0.4) is 0 Å². The predicted octanol–water partition coefficient (Wildman–Crippen LogP) is 5.34. The third-order valence-corrected chi connectivity index (χ3v) is 6.65. The number of esters is 1. The maximum Gasteiger partial charge on any atom is 0.341 e. The summed E-state index contributed by atoms with van der Waals surface area (Å²) in [6, 6.07) is 7.60. The number of hydrogen-bond donors (Lipinski definition) is 2. The highest BCUT2D eigenvalue weighted by molar-refractivity contribution is 9.10. The van der Waals surface area contributed by atoms with Crippen molar-refractivity contribution in [3.63, 3.8) is 0 Å². The van der Waals surface area contributed by atoms with Crippen LogP contribution in [0.2, 0.25) is 0 Å². The van der Waals surface area contributed by atoms with Crippen molar-refractivity contribution in [3.8, 4) is 0 Å². The number of benzene rings is 1. The van der Waals surface area contributed by atoms with Gasteiger partial charge in [-0.15, -0.1) is 11.3 Å². The van der Waals surface area contributed by atoms with Crippen LogP contribution < -0.4 is 10.6 Å². The molecule has 30 heavy (non-hydrogen) atoms. The number of fused-ring (bicyclic) bond motifs is 1. The number of carbonyl (C=O) groups excluding carboxylic acids is 2. The van der Waals surface area contributed by atoms with Gasteiger partial charge in [-0.05, 0) is 73.7 Å². The number of halogens is 1. The number of amides is 1. The normalized spacial score (nSPS) is 15.5. The first kappa shape index (κ1) is 22.7. The Morgan fingerprint density at radius 1 is 1.33 bits per heavy atom. The number of thiophene rings is 1. The van der Waals surface area contributed by atoms with Crippen LogP contribution in [0.15, 0.2) is 34.8 Å². The lowest BCUT2D eigenvalue weighted by molar-refractivity contribution is -0.115. The van der Waals surface area contributed by atoms with Gasteiger partial charge in [-0.25, -0.2) is 4.79 Å². The second kappa shape index (κ2) is 10.3. The lowest BCUT2D eigenvalue weighted by atomic mass is 9.88. The first-order chi connectivity index (χ1) is 14.4. The minimum atomic E-state index is -0.351. The molecular weight excluding hydrogens is 484 g/mol. The Bertz CT molecular complexity index is 983. The molecule has 0 radical (unpaired) electrons. The number of thiocarbonyl (C=S) groups is 1. The van der Waals surface area contributed by atoms with E-state index in [0.717, 1.165) is 34.9 Å². The first-order valence-electron chi connectivity index (χ1n) is 9.74. The van der Waals surface area contributed by atoms with E-state index in [9.17, 15) is 9.59 Å². The first-order valence-corrected chi connectivity index (χ1v) is 11.8. The summed E-state index contributed by atoms with van der Waals surface area (Å²) in [5.74, 6) is -0.117. The van der Waals surface area contributed by atoms with E-state index >= 15 is 0 Å². The topological polar surface area (TPSA) is 67.4 Å². The molecule has 0 aliphatic heterocycles. The number of carbonyl (C=O) groups is 2. The summed E-state index contributed by atoms with van der Waals surface area (Å²) in [7, 11) is 0. The van der Waals surface area contributed by atoms with Crippen LogP contribution in [0, 0.1) is 5.92 Å². The molecule has 0 fully saturated rings. The summed E-state index contributed by atoms with van der Waals surface area (Å²) in [6.07, 6.45) is 5.95. The Labute approximate surface area is 194 Å². The van der Waals surface area contributed by atoms with Crippen molar-refractivity contribution < 1.29 is 14.3 Å². The fourth-order valence-corrected chi connectivity index (χ4v) is 5.23. The largest absolute Gasteiger partial charge is 0.462 e. The van der Waals surface area contributed by atoms with Gasteiger partial charge in [0.15, 0.2) is 5.11 Å². The average Bonchev–Trinajstić information content (AvgIpc) is 3.04. The maximum absolute atomic E-state index is 12.6. The van der Waals surface area contributed by atoms with Gasteiger partial charge in [0, 0.05) is 15.4 Å². The van der Waals surface area contributed by atoms with E-state index in [1.54, 1.807) is 13.0 Å². The zero-order valence-corrected chi connectivity index (χ0v) is 20.0. The third-order valence-electron chi connectivity index (χ3n) is 4.75. The van der Waals surface area contributed by atoms with E-state index in [2.05, 4.69) is 33.5 Å². The molecule has 5 nitrogen and oxygen atoms in total. The van der Waals surface area contributed by atoms with Crippen molar-refractivity contribution in [2.45, 2.75) is 33.1 Å². The van der Waals surface area contributed by atoms with E-state index in [1.165, 1.54) is 22.3 Å². The highest BCUT2D eigenvalue weighted by Crippen LogP contribution is 2.40. The summed E-state index contributed by atoms with van der Waals surface area (Å²) >= 11 is 10.2. The summed E-state index contributed by atoms with van der Waals surface area (Å²) < 4.78 is 6.23. The molecule has 1 atom stereocenters. The molecule has 1 aliphatic carbocycles. The van der Waals surface area contributed by atoms with Gasteiger partial charge in [0.25, 0.3) is 0 Å². The third kappa shape index (κ3) is 5.77. The Balaban J connectivity index is 1.70. The van der Waals surface area contributed by atoms with Crippen LogP contribution in [0.4, 0.5) is 5.00 Å². The van der Waals surface area contributed by atoms with Gasteiger partial charge in [-0.3, -0.25) is 10.1 Å². The lowest BCUT2D eigenvalue weighted by Crippen LogP contribution is -2.33. The van der Waals surface area contributed by atoms with Gasteiger partial charge in [0.1, 0.15) is 5.00 Å². The smallest absolute Gasteiger partial charge is 0.341 e. The average molecular weight is 507 g/mol. The Kier molecular flexibility index (Phi) is 7.80. The van der Waals surface area contributed by atoms with Crippen LogP contribution >= 0.6 is 39.5 Å². The van der Waals surface area contributed by atoms with Gasteiger partial charge in [0.05, 0.1) is 12.2 Å². The van der Waals surface area contributed by atoms with Crippen molar-refractivity contribution in [2.24, 2.45) is 5.92 Å². The summed E-state index contributed by atoms with van der Waals surface area (Å²) in [4.78, 5) is 26.0. The molecule has 1 aliphatic rings. The molecule has 2 N–H and O–H groups in total. The standard InChI is InChI=1S/C22H23BrN2O3S2/c1-3-28-21(27)19-16-10-4-13(2)12-17(16)30-20(19)25-22(29)24-18(26)11-7-14-5-8-15(23)9-6-14/h5-9,11,13H,3-4,10,12H2,1-2H3,(H2,24,25,26,29)/b11-7+. The molecule has 1 unspecified atom stereocenters. The van der Waals surface area contributed by atoms with Crippen molar-refractivity contribution in [1.29, 1.82) is 0 Å². The van der Waals surface area contributed by atoms with Crippen LogP contribution in [-0.4, -0.2) is 23.6 Å². The van der Waals surface area contributed by atoms with Crippen molar-refractivity contribution in [1.82, 2.24) is 5.32 Å². The van der Waals surface area contributed by atoms with E-state index < -0.39 is 0 Å². The minimum absolute atomic E-state index is 0.151. The fourth-order valence-electron chi connectivity index (χ4n) is 3.29. The molecule has 0 saturated heterocycles. The van der Waals surface area contributed by atoms with Gasteiger partial charge >= 0.3 is 5.97 Å². The van der Waals surface area contributed by atoms with E-state index in [-0.39, 0.29) is 17.0 Å². The Morgan fingerprint density at radius 2 is 2.07 bits per heavy atom. The lowest BCUT2D eigenvalue weighted by Gasteiger charge is -2.18. The van der Waals surface area contributed by atoms with Crippen LogP contribution in [0.1, 0.15) is 46.6 Å². The van der Waals surface area contributed by atoms with Gasteiger partial charge in [-0.2, -0.15) is 0 Å². The van der Waals surface area contributed by atoms with E-state index in [1.807, 2.05) is 24.3 Å². The van der Waals surface area contributed by atoms with E-state index in [0.29, 0.717) is 23.1 Å². The summed E-state index contributed by atoms with van der Waals surface area (Å²) in [5.41, 5.74) is 2.49. The molecule has 0 spiro atoms. The molecule has 8 heteroatoms. The molecule has 0 saturated carbocycles. The molecule has 158 valence electrons. The molecular formula is C22H23BrN2O3S2. The molecule has 1 aromatic carbocycles. The quantitative estimate of drug-likeness (QED) is 0.325. The Hall–Kier alpha value is -2.03. The Morgan fingerprint density at radius 3 is 2.77 bits per heavy atom. The molecule has 1 heterocycles. The van der Waals surface area contributed by atoms with Crippen LogP contribution in [0.5, 0.6) is 0 Å². The molecule has 0 bridgehead atoms. The van der Waals surface area contributed by atoms with Gasteiger partial charge in [0.2, 0.25) is 5.91 Å². The van der Waals surface area contributed by atoms with Crippen LogP contribution in [0.25, 0.3) is 6.08 Å². The number of rotatable bonds is 5. The molecule has 2 aromatic rings. The number of ether oxygens (including phenoxy) is 1. The fraction of sp³-hybridized carbons (Fsp3) is 0.318. The van der Waals surface area contributed by atoms with Crippen molar-refractivity contribution in [2.75, 3.05) is 11.9 Å². The SMILES string of the molecule is CCOC(=O)c1c(NC(=S)NC(=O)/C=C/c2ccc(Br)cc2)sc2c1CCC(C)C2. The van der Waals surface area contributed by atoms with Gasteiger partial charge < -0.3 is 10.1 Å². The highest BCUT2D eigenvalue weighted by Gasteiger charge is 2.28. The molecule has 1 aromatic heterocycles. The summed E-state index contributed by atoms with van der Waals surface area (Å²) in [6.45, 7) is 4.30. The second-order valence-electron chi connectivity index (χ2n) is 7.10. The number of nitrogens with one attached hydrogen (secondary N) is 2. The predicted molar refractivity (Wildman–Crippen MR) is 129 cm³/mol. The zero-order valence-electron chi connectivity index (χ0n) is 16.8. The number of hydrogen-bond acceptors (Lipinski definition) is 5. The van der Waals surface area contributed by atoms with Crippen molar-refractivity contribution >= 4 is 67.6 Å². The highest BCUT2D eigenvalue weighted by atomic mass is 79.9.